The first-order valence-corrected chi connectivity index (χ1v) is 8.44. The normalized spacial score (nSPS) is 11.5. The Kier molecular flexibility index (Phi) is 3.81. The van der Waals surface area contributed by atoms with Gasteiger partial charge in [0.1, 0.15) is 34.8 Å². The summed E-state index contributed by atoms with van der Waals surface area (Å²) in [5.41, 5.74) is 3.11. The number of benzene rings is 2. The van der Waals surface area contributed by atoms with Crippen LogP contribution in [0.15, 0.2) is 48.6 Å². The van der Waals surface area contributed by atoms with Crippen molar-refractivity contribution in [2.75, 3.05) is 13.2 Å². The zero-order chi connectivity index (χ0) is 18.4. The summed E-state index contributed by atoms with van der Waals surface area (Å²) in [6.07, 6.45) is 0. The lowest BCUT2D eigenvalue weighted by molar-refractivity contribution is -0.117. The standard InChI is InChI=1S/C18H17ClN4O3/c1-11(2)18(25)20-7-8-26-13-4-6-15(17(24)10-13)22-21-14-5-3-12(19)9-16(14)23(21)22/h3-6,9-10,24H,1,7-8H2,2H3,(H,20,25). The van der Waals surface area contributed by atoms with Crippen LogP contribution in [0.1, 0.15) is 6.92 Å². The Hall–Kier alpha value is -3.06. The van der Waals surface area contributed by atoms with Crippen molar-refractivity contribution in [2.45, 2.75) is 6.92 Å². The molecular formula is C18H17ClN4O3. The molecule has 2 N–H and O–H groups in total. The fraction of sp³-hybridized carbons (Fsp3) is 0.167. The molecule has 0 aliphatic heterocycles. The van der Waals surface area contributed by atoms with Gasteiger partial charge in [0.2, 0.25) is 5.91 Å². The maximum atomic E-state index is 11.4. The van der Waals surface area contributed by atoms with Crippen molar-refractivity contribution >= 4 is 28.5 Å². The number of fused-ring (bicyclic) bond motifs is 4. The third-order valence-corrected chi connectivity index (χ3v) is 4.32. The monoisotopic (exact) mass is 372 g/mol. The number of amides is 1. The Balaban J connectivity index is 1.45. The van der Waals surface area contributed by atoms with Gasteiger partial charge in [0.15, 0.2) is 0 Å². The molecular weight excluding hydrogens is 356 g/mol. The van der Waals surface area contributed by atoms with E-state index in [0.29, 0.717) is 35.2 Å². The molecule has 7 nitrogen and oxygen atoms in total. The molecule has 1 amide bonds. The summed E-state index contributed by atoms with van der Waals surface area (Å²) in [4.78, 5) is 13.2. The van der Waals surface area contributed by atoms with E-state index >= 15 is 0 Å². The predicted molar refractivity (Wildman–Crippen MR) is 98.9 cm³/mol. The van der Waals surface area contributed by atoms with E-state index in [1.54, 1.807) is 25.1 Å². The number of hydrogen-bond acceptors (Lipinski definition) is 3. The van der Waals surface area contributed by atoms with Gasteiger partial charge >= 0.3 is 0 Å². The van der Waals surface area contributed by atoms with Crippen LogP contribution in [0, 0.1) is 0 Å². The van der Waals surface area contributed by atoms with E-state index in [1.807, 2.05) is 32.3 Å². The molecule has 0 radical (unpaired) electrons. The molecule has 2 aromatic carbocycles. The maximum absolute atomic E-state index is 11.4. The Morgan fingerprint density at radius 2 is 2.00 bits per heavy atom. The van der Waals surface area contributed by atoms with Crippen LogP contribution in [0.2, 0.25) is 5.02 Å². The maximum Gasteiger partial charge on any atom is 0.246 e. The second kappa shape index (κ2) is 6.03. The number of hydrogen-bond donors (Lipinski definition) is 2. The summed E-state index contributed by atoms with van der Waals surface area (Å²) in [7, 11) is 0. The van der Waals surface area contributed by atoms with E-state index in [0.717, 1.165) is 11.0 Å². The van der Waals surface area contributed by atoms with Crippen LogP contribution in [0.3, 0.4) is 0 Å². The number of ether oxygens (including phenoxy) is 1. The van der Waals surface area contributed by atoms with Gasteiger partial charge in [-0.3, -0.25) is 4.79 Å². The molecule has 26 heavy (non-hydrogen) atoms. The highest BCUT2D eigenvalue weighted by atomic mass is 35.5. The third-order valence-electron chi connectivity index (χ3n) is 4.08. The Labute approximate surface area is 153 Å². The number of rotatable bonds is 6. The highest BCUT2D eigenvalue weighted by molar-refractivity contribution is 6.31. The average molecular weight is 373 g/mol. The van der Waals surface area contributed by atoms with Gasteiger partial charge < -0.3 is 15.2 Å². The number of phenolic OH excluding ortho intramolecular Hbond substituents is 1. The van der Waals surface area contributed by atoms with Crippen molar-refractivity contribution in [1.29, 1.82) is 0 Å². The lowest BCUT2D eigenvalue weighted by atomic mass is 10.3. The van der Waals surface area contributed by atoms with Crippen LogP contribution in [0.25, 0.3) is 16.7 Å². The third kappa shape index (κ3) is 2.66. The summed E-state index contributed by atoms with van der Waals surface area (Å²) in [5, 5.41) is 13.7. The number of nitrogens with zero attached hydrogens (tertiary/aromatic N) is 3. The van der Waals surface area contributed by atoms with Crippen LogP contribution >= 0.6 is 11.6 Å². The molecule has 0 saturated carbocycles. The van der Waals surface area contributed by atoms with Crippen LogP contribution in [-0.2, 0) is 4.79 Å². The zero-order valence-electron chi connectivity index (χ0n) is 14.1. The Morgan fingerprint density at radius 1 is 1.23 bits per heavy atom. The van der Waals surface area contributed by atoms with E-state index in [2.05, 4.69) is 11.9 Å². The summed E-state index contributed by atoms with van der Waals surface area (Å²) in [6.45, 7) is 5.87. The molecule has 4 rings (SSSR count). The number of halogens is 1. The summed E-state index contributed by atoms with van der Waals surface area (Å²) in [5.74, 6) is 0.419. The minimum atomic E-state index is -0.202. The smallest absolute Gasteiger partial charge is 0.246 e. The Bertz CT molecular complexity index is 1120. The van der Waals surface area contributed by atoms with Crippen LogP contribution < -0.4 is 10.1 Å². The van der Waals surface area contributed by atoms with Crippen molar-refractivity contribution < 1.29 is 14.6 Å². The minimum Gasteiger partial charge on any atom is -0.505 e. The second-order valence-corrected chi connectivity index (χ2v) is 6.47. The van der Waals surface area contributed by atoms with Crippen LogP contribution in [-0.4, -0.2) is 38.2 Å². The number of carbonyl (C=O) groups excluding carboxylic acids is 1. The van der Waals surface area contributed by atoms with Gasteiger partial charge in [-0.05, 0) is 37.3 Å². The molecule has 134 valence electrons. The molecule has 0 bridgehead atoms. The fourth-order valence-electron chi connectivity index (χ4n) is 2.77. The van der Waals surface area contributed by atoms with Gasteiger partial charge in [0.05, 0.1) is 6.54 Å². The summed E-state index contributed by atoms with van der Waals surface area (Å²) in [6, 6.07) is 10.7. The van der Waals surface area contributed by atoms with Crippen LogP contribution in [0.5, 0.6) is 11.5 Å². The molecule has 0 saturated heterocycles. The molecule has 4 aromatic rings. The van der Waals surface area contributed by atoms with Gasteiger partial charge in [0, 0.05) is 16.7 Å². The second-order valence-electron chi connectivity index (χ2n) is 6.04. The molecule has 2 aromatic heterocycles. The molecule has 0 atom stereocenters. The van der Waals surface area contributed by atoms with Crippen molar-refractivity contribution in [3.05, 3.63) is 53.6 Å². The topological polar surface area (TPSA) is 72.3 Å². The molecule has 0 fully saturated rings. The summed E-state index contributed by atoms with van der Waals surface area (Å²) < 4.78 is 9.38. The van der Waals surface area contributed by atoms with Gasteiger partial charge in [0.25, 0.3) is 0 Å². The van der Waals surface area contributed by atoms with E-state index in [-0.39, 0.29) is 11.7 Å². The first kappa shape index (κ1) is 16.4. The van der Waals surface area contributed by atoms with Crippen molar-refractivity contribution in [1.82, 2.24) is 19.4 Å². The largest absolute Gasteiger partial charge is 0.505 e. The van der Waals surface area contributed by atoms with E-state index in [9.17, 15) is 9.90 Å². The number of carbonyl (C=O) groups is 1. The predicted octanol–water partition coefficient (Wildman–Crippen LogP) is 2.85. The quantitative estimate of drug-likeness (QED) is 0.404. The van der Waals surface area contributed by atoms with Gasteiger partial charge in [-0.25, -0.2) is 0 Å². The van der Waals surface area contributed by atoms with Crippen molar-refractivity contribution in [2.24, 2.45) is 0 Å². The molecule has 8 heteroatoms. The molecule has 2 heterocycles. The number of nitrogens with one attached hydrogen (secondary N) is 1. The zero-order valence-corrected chi connectivity index (χ0v) is 14.8. The van der Waals surface area contributed by atoms with Gasteiger partial charge in [-0.2, -0.15) is 0 Å². The number of aromatic nitrogens is 3. The van der Waals surface area contributed by atoms with Gasteiger partial charge in [-0.1, -0.05) is 18.2 Å². The SMILES string of the molecule is C=C(C)C(=O)NCCOc1ccc(-n2n3c4ccc(Cl)cc4n23)c(O)c1. The van der Waals surface area contributed by atoms with E-state index in [1.165, 1.54) is 0 Å². The lowest BCUT2D eigenvalue weighted by Gasteiger charge is -2.08. The van der Waals surface area contributed by atoms with Gasteiger partial charge in [-0.15, -0.1) is 14.1 Å². The first-order valence-electron chi connectivity index (χ1n) is 8.06. The van der Waals surface area contributed by atoms with E-state index in [4.69, 9.17) is 16.3 Å². The molecule has 0 unspecified atom stereocenters. The average Bonchev–Trinajstić information content (AvgIpc) is 3.25. The molecule has 0 spiro atoms. The first-order chi connectivity index (χ1) is 12.5. The Morgan fingerprint density at radius 3 is 2.73 bits per heavy atom. The lowest BCUT2D eigenvalue weighted by Crippen LogP contribution is -2.28. The van der Waals surface area contributed by atoms with Crippen LogP contribution in [0.4, 0.5) is 0 Å². The number of phenols is 1. The minimum absolute atomic E-state index is 0.0971. The molecule has 0 aliphatic rings. The van der Waals surface area contributed by atoms with Crippen molar-refractivity contribution in [3.63, 3.8) is 0 Å². The highest BCUT2D eigenvalue weighted by Crippen LogP contribution is 2.33. The highest BCUT2D eigenvalue weighted by Gasteiger charge is 2.25. The summed E-state index contributed by atoms with van der Waals surface area (Å²) >= 11 is 6.02. The fourth-order valence-corrected chi connectivity index (χ4v) is 2.93. The molecule has 0 aliphatic carbocycles. The van der Waals surface area contributed by atoms with E-state index < -0.39 is 0 Å². The van der Waals surface area contributed by atoms with Crippen molar-refractivity contribution in [3.8, 4) is 17.2 Å². The number of aromatic hydroxyl groups is 1.